The zero-order chi connectivity index (χ0) is 24.3. The summed E-state index contributed by atoms with van der Waals surface area (Å²) in [6.45, 7) is 8.09. The van der Waals surface area contributed by atoms with Gasteiger partial charge in [-0.1, -0.05) is 12.1 Å². The van der Waals surface area contributed by atoms with E-state index in [1.165, 1.54) is 24.0 Å². The number of hydrogen-bond acceptors (Lipinski definition) is 5. The normalized spacial score (nSPS) is 18.9. The molecule has 0 radical (unpaired) electrons. The van der Waals surface area contributed by atoms with Gasteiger partial charge in [0, 0.05) is 44.0 Å². The first kappa shape index (κ1) is 24.7. The summed E-state index contributed by atoms with van der Waals surface area (Å²) >= 11 is 0. The number of ether oxygens (including phenoxy) is 1. The zero-order valence-electron chi connectivity index (χ0n) is 20.4. The van der Waals surface area contributed by atoms with Crippen LogP contribution in [0.5, 0.6) is 5.75 Å². The zero-order valence-corrected chi connectivity index (χ0v) is 21.3. The topological polar surface area (TPSA) is 66.9 Å². The molecular formula is C27H36N2O4S. The van der Waals surface area contributed by atoms with Crippen LogP contribution in [0.2, 0.25) is 0 Å². The third-order valence-electron chi connectivity index (χ3n) is 7.17. The molecule has 2 aromatic rings. The lowest BCUT2D eigenvalue weighted by Gasteiger charge is -2.34. The molecule has 2 fully saturated rings. The van der Waals surface area contributed by atoms with Crippen molar-refractivity contribution in [1.82, 2.24) is 9.80 Å². The highest BCUT2D eigenvalue weighted by Gasteiger charge is 2.25. The van der Waals surface area contributed by atoms with Crippen molar-refractivity contribution in [3.8, 4) is 5.75 Å². The number of benzene rings is 2. The number of rotatable bonds is 6. The summed E-state index contributed by atoms with van der Waals surface area (Å²) in [5.74, 6) is 1.34. The Kier molecular flexibility index (Phi) is 7.63. The number of piperidine rings is 2. The first-order chi connectivity index (χ1) is 16.2. The van der Waals surface area contributed by atoms with Crippen molar-refractivity contribution < 1.29 is 17.9 Å². The predicted molar refractivity (Wildman–Crippen MR) is 134 cm³/mol. The van der Waals surface area contributed by atoms with Crippen LogP contribution in [0.15, 0.2) is 53.4 Å². The van der Waals surface area contributed by atoms with Gasteiger partial charge in [-0.2, -0.15) is 0 Å². The summed E-state index contributed by atoms with van der Waals surface area (Å²) < 4.78 is 29.5. The van der Waals surface area contributed by atoms with E-state index in [9.17, 15) is 13.2 Å². The number of nitrogens with zero attached hydrogens (tertiary/aromatic N) is 2. The second-order valence-corrected chi connectivity index (χ2v) is 11.9. The van der Waals surface area contributed by atoms with Crippen LogP contribution in [0, 0.1) is 0 Å². The second-order valence-electron chi connectivity index (χ2n) is 9.88. The molecule has 0 aliphatic carbocycles. The molecule has 2 aromatic carbocycles. The monoisotopic (exact) mass is 484 g/mol. The average molecular weight is 485 g/mol. The van der Waals surface area contributed by atoms with Crippen LogP contribution in [0.1, 0.15) is 61.4 Å². The van der Waals surface area contributed by atoms with Gasteiger partial charge in [0.25, 0.3) is 5.91 Å². The molecule has 2 saturated heterocycles. The van der Waals surface area contributed by atoms with E-state index in [4.69, 9.17) is 4.74 Å². The molecule has 6 nitrogen and oxygen atoms in total. The molecule has 2 aliphatic heterocycles. The van der Waals surface area contributed by atoms with Crippen molar-refractivity contribution in [2.24, 2.45) is 0 Å². The van der Waals surface area contributed by atoms with Gasteiger partial charge in [0.1, 0.15) is 11.9 Å². The van der Waals surface area contributed by atoms with E-state index in [2.05, 4.69) is 43.0 Å². The molecule has 0 unspecified atom stereocenters. The molecule has 7 heteroatoms. The van der Waals surface area contributed by atoms with Crippen molar-refractivity contribution in [3.05, 3.63) is 59.7 Å². The molecule has 184 valence electrons. The highest BCUT2D eigenvalue weighted by Crippen LogP contribution is 2.30. The van der Waals surface area contributed by atoms with Gasteiger partial charge in [0.2, 0.25) is 0 Å². The maximum absolute atomic E-state index is 12.9. The van der Waals surface area contributed by atoms with Crippen LogP contribution in [-0.2, 0) is 9.84 Å². The van der Waals surface area contributed by atoms with Crippen LogP contribution in [-0.4, -0.2) is 68.7 Å². The van der Waals surface area contributed by atoms with Gasteiger partial charge in [0.15, 0.2) is 9.84 Å². The van der Waals surface area contributed by atoms with Crippen molar-refractivity contribution in [2.45, 2.75) is 62.5 Å². The van der Waals surface area contributed by atoms with Gasteiger partial charge in [0.05, 0.1) is 4.90 Å². The summed E-state index contributed by atoms with van der Waals surface area (Å²) in [5, 5.41) is 0. The SMILES string of the molecule is CC(C)N1CCC(Oc2ccc(C3CCN(C(=O)c4ccc(S(C)(=O)=O)cc4)CC3)cc2)CC1. The molecule has 34 heavy (non-hydrogen) atoms. The standard InChI is InChI=1S/C27H36N2O4S/c1-20(2)28-18-14-25(15-19-28)33-24-8-4-21(5-9-24)22-12-16-29(17-13-22)27(30)23-6-10-26(11-7-23)34(3,31)32/h4-11,20,22,25H,12-19H2,1-3H3. The average Bonchev–Trinajstić information content (AvgIpc) is 2.84. The van der Waals surface area contributed by atoms with Crippen LogP contribution >= 0.6 is 0 Å². The number of carbonyl (C=O) groups is 1. The number of likely N-dealkylation sites (tertiary alicyclic amines) is 2. The second kappa shape index (κ2) is 10.5. The Balaban J connectivity index is 1.27. The van der Waals surface area contributed by atoms with E-state index >= 15 is 0 Å². The molecule has 2 heterocycles. The fourth-order valence-corrected chi connectivity index (χ4v) is 5.59. The lowest BCUT2D eigenvalue weighted by Crippen LogP contribution is -2.41. The summed E-state index contributed by atoms with van der Waals surface area (Å²) in [6.07, 6.45) is 5.44. The molecule has 0 N–H and O–H groups in total. The number of carbonyl (C=O) groups excluding carboxylic acids is 1. The third-order valence-corrected chi connectivity index (χ3v) is 8.30. The van der Waals surface area contributed by atoms with Gasteiger partial charge in [-0.25, -0.2) is 8.42 Å². The number of sulfone groups is 1. The predicted octanol–water partition coefficient (Wildman–Crippen LogP) is 4.36. The Morgan fingerprint density at radius 3 is 2.00 bits per heavy atom. The van der Waals surface area contributed by atoms with Gasteiger partial charge in [-0.3, -0.25) is 4.79 Å². The van der Waals surface area contributed by atoms with Crippen molar-refractivity contribution in [3.63, 3.8) is 0 Å². The van der Waals surface area contributed by atoms with Crippen LogP contribution in [0.25, 0.3) is 0 Å². The van der Waals surface area contributed by atoms with Crippen molar-refractivity contribution in [1.29, 1.82) is 0 Å². The minimum absolute atomic E-state index is 0.0363. The van der Waals surface area contributed by atoms with Gasteiger partial charge < -0.3 is 14.5 Å². The van der Waals surface area contributed by atoms with Gasteiger partial charge >= 0.3 is 0 Å². The highest BCUT2D eigenvalue weighted by atomic mass is 32.2. The Morgan fingerprint density at radius 1 is 0.882 bits per heavy atom. The Morgan fingerprint density at radius 2 is 1.47 bits per heavy atom. The van der Waals surface area contributed by atoms with Gasteiger partial charge in [-0.05, 0) is 87.4 Å². The number of amides is 1. The molecule has 0 bridgehead atoms. The minimum Gasteiger partial charge on any atom is -0.490 e. The van der Waals surface area contributed by atoms with Crippen LogP contribution in [0.3, 0.4) is 0 Å². The maximum atomic E-state index is 12.9. The van der Waals surface area contributed by atoms with Crippen LogP contribution in [0.4, 0.5) is 0 Å². The lowest BCUT2D eigenvalue weighted by molar-refractivity contribution is 0.0713. The van der Waals surface area contributed by atoms with Crippen molar-refractivity contribution in [2.75, 3.05) is 32.4 Å². The quantitative estimate of drug-likeness (QED) is 0.609. The lowest BCUT2D eigenvalue weighted by atomic mass is 9.89. The first-order valence-electron chi connectivity index (χ1n) is 12.3. The maximum Gasteiger partial charge on any atom is 0.253 e. The summed E-state index contributed by atoms with van der Waals surface area (Å²) in [5.41, 5.74) is 1.83. The molecule has 0 spiro atoms. The highest BCUT2D eigenvalue weighted by molar-refractivity contribution is 7.90. The summed E-state index contributed by atoms with van der Waals surface area (Å²) in [4.78, 5) is 17.5. The van der Waals surface area contributed by atoms with E-state index in [0.717, 1.165) is 44.5 Å². The minimum atomic E-state index is -3.26. The van der Waals surface area contributed by atoms with Crippen molar-refractivity contribution >= 4 is 15.7 Å². The molecule has 2 aliphatic rings. The summed E-state index contributed by atoms with van der Waals surface area (Å²) in [6, 6.07) is 15.3. The Labute approximate surface area is 203 Å². The molecule has 0 aromatic heterocycles. The van der Waals surface area contributed by atoms with E-state index in [-0.39, 0.29) is 10.8 Å². The fraction of sp³-hybridized carbons (Fsp3) is 0.519. The van der Waals surface area contributed by atoms with E-state index in [0.29, 0.717) is 36.7 Å². The van der Waals surface area contributed by atoms with E-state index < -0.39 is 9.84 Å². The van der Waals surface area contributed by atoms with Gasteiger partial charge in [-0.15, -0.1) is 0 Å². The molecular weight excluding hydrogens is 448 g/mol. The van der Waals surface area contributed by atoms with E-state index in [1.54, 1.807) is 12.1 Å². The number of hydrogen-bond donors (Lipinski definition) is 0. The van der Waals surface area contributed by atoms with E-state index in [1.807, 2.05) is 4.90 Å². The van der Waals surface area contributed by atoms with Crippen LogP contribution < -0.4 is 4.74 Å². The third kappa shape index (κ3) is 5.99. The molecule has 0 atom stereocenters. The fourth-order valence-electron chi connectivity index (χ4n) is 4.96. The summed E-state index contributed by atoms with van der Waals surface area (Å²) in [7, 11) is -3.26. The Hall–Kier alpha value is -2.38. The molecule has 4 rings (SSSR count). The Bertz CT molecular complexity index is 1060. The first-order valence-corrected chi connectivity index (χ1v) is 14.2. The molecule has 1 amide bonds. The largest absolute Gasteiger partial charge is 0.490 e. The molecule has 0 saturated carbocycles. The smallest absolute Gasteiger partial charge is 0.253 e.